The second kappa shape index (κ2) is 15.4. The fourth-order valence-electron chi connectivity index (χ4n) is 12.9. The zero-order valence-corrected chi connectivity index (χ0v) is 43.1. The van der Waals surface area contributed by atoms with E-state index in [2.05, 4.69) is 267 Å². The summed E-state index contributed by atoms with van der Waals surface area (Å²) in [6, 6.07) is 68.0. The Balaban J connectivity index is 1.16. The van der Waals surface area contributed by atoms with E-state index in [1.54, 1.807) is 0 Å². The molecule has 3 aliphatic heterocycles. The summed E-state index contributed by atoms with van der Waals surface area (Å²) in [5, 5.41) is 0. The Morgan fingerprint density at radius 2 is 1.00 bits per heavy atom. The molecule has 0 radical (unpaired) electrons. The van der Waals surface area contributed by atoms with Crippen molar-refractivity contribution in [2.75, 3.05) is 14.7 Å². The van der Waals surface area contributed by atoms with Crippen LogP contribution in [0.2, 0.25) is 0 Å². The number of para-hydroxylation sites is 2. The number of hydrogen-bond acceptors (Lipinski definition) is 3. The maximum Gasteiger partial charge on any atom is 0.252 e. The Kier molecular flexibility index (Phi) is 9.75. The Morgan fingerprint density at radius 3 is 1.70 bits per heavy atom. The number of anilines is 8. The molecule has 0 spiro atoms. The van der Waals surface area contributed by atoms with Gasteiger partial charge in [-0.15, -0.1) is 0 Å². The molecule has 0 amide bonds. The maximum absolute atomic E-state index is 2.72. The third-order valence-corrected chi connectivity index (χ3v) is 17.0. The molecule has 3 nitrogen and oxygen atoms in total. The van der Waals surface area contributed by atoms with Crippen molar-refractivity contribution >= 4 is 68.6 Å². The van der Waals surface area contributed by atoms with Crippen molar-refractivity contribution < 1.29 is 0 Å². The highest BCUT2D eigenvalue weighted by molar-refractivity contribution is 7.00. The van der Waals surface area contributed by atoms with Gasteiger partial charge in [0.2, 0.25) is 0 Å². The van der Waals surface area contributed by atoms with Gasteiger partial charge in [0, 0.05) is 50.8 Å². The van der Waals surface area contributed by atoms with Crippen LogP contribution in [0.3, 0.4) is 0 Å². The van der Waals surface area contributed by atoms with Gasteiger partial charge in [0.05, 0.1) is 11.2 Å². The van der Waals surface area contributed by atoms with Crippen molar-refractivity contribution in [1.29, 1.82) is 0 Å². The summed E-state index contributed by atoms with van der Waals surface area (Å²) in [4.78, 5) is 7.95. The minimum Gasteiger partial charge on any atom is -0.330 e. The Morgan fingerprint density at radius 1 is 0.429 bits per heavy atom. The minimum absolute atomic E-state index is 0.00300. The van der Waals surface area contributed by atoms with E-state index in [1.807, 2.05) is 0 Å². The highest BCUT2D eigenvalue weighted by Crippen LogP contribution is 2.64. The normalized spacial score (nSPS) is 19.0. The largest absolute Gasteiger partial charge is 0.330 e. The first-order chi connectivity index (χ1) is 33.4. The van der Waals surface area contributed by atoms with Crippen LogP contribution in [0, 0.1) is 0 Å². The molecule has 0 saturated carbocycles. The first kappa shape index (κ1) is 44.4. The molecule has 0 bridgehead atoms. The van der Waals surface area contributed by atoms with Crippen molar-refractivity contribution in [3.8, 4) is 11.1 Å². The molecule has 12 rings (SSSR count). The van der Waals surface area contributed by atoms with Crippen LogP contribution in [0.4, 0.5) is 45.5 Å². The molecule has 1 aliphatic carbocycles. The van der Waals surface area contributed by atoms with Gasteiger partial charge in [0.15, 0.2) is 0 Å². The van der Waals surface area contributed by atoms with E-state index in [0.29, 0.717) is 0 Å². The summed E-state index contributed by atoms with van der Waals surface area (Å²) in [6.45, 7) is 26.1. The number of benzene rings is 8. The second-order valence-electron chi connectivity index (χ2n) is 24.1. The molecule has 4 aliphatic rings. The van der Waals surface area contributed by atoms with Gasteiger partial charge in [-0.3, -0.25) is 0 Å². The molecule has 0 aromatic heterocycles. The average molecular weight is 912 g/mol. The number of fused-ring (bicyclic) bond motifs is 9. The van der Waals surface area contributed by atoms with Crippen LogP contribution in [-0.2, 0) is 33.6 Å². The van der Waals surface area contributed by atoms with Crippen LogP contribution < -0.4 is 31.1 Å². The topological polar surface area (TPSA) is 9.72 Å². The highest BCUT2D eigenvalue weighted by Gasteiger charge is 2.60. The summed E-state index contributed by atoms with van der Waals surface area (Å²) >= 11 is 0. The smallest absolute Gasteiger partial charge is 0.252 e. The van der Waals surface area contributed by atoms with Crippen LogP contribution >= 0.6 is 0 Å². The van der Waals surface area contributed by atoms with Crippen molar-refractivity contribution in [3.63, 3.8) is 0 Å². The van der Waals surface area contributed by atoms with Gasteiger partial charge in [0.1, 0.15) is 0 Å². The van der Waals surface area contributed by atoms with Gasteiger partial charge >= 0.3 is 0 Å². The Hall–Kier alpha value is -6.78. The van der Waals surface area contributed by atoms with Crippen molar-refractivity contribution in [1.82, 2.24) is 0 Å². The zero-order chi connectivity index (χ0) is 48.7. The molecule has 348 valence electrons. The third kappa shape index (κ3) is 6.47. The lowest BCUT2D eigenvalue weighted by molar-refractivity contribution is 0.245. The van der Waals surface area contributed by atoms with E-state index in [1.165, 1.54) is 106 Å². The van der Waals surface area contributed by atoms with Crippen LogP contribution in [0.15, 0.2) is 176 Å². The predicted molar refractivity (Wildman–Crippen MR) is 300 cm³/mol. The Bertz CT molecular complexity index is 3380. The van der Waals surface area contributed by atoms with Crippen LogP contribution in [-0.4, -0.2) is 6.71 Å². The lowest BCUT2D eigenvalue weighted by Gasteiger charge is -2.51. The SMILES string of the molecule is CC(C)(C)c1ccc(N2c3cc(N4c5ccccc5C5(C)CCc6ccccc6C45C)ccc3B3c4ccccc4N(c4ccc(C(C)(C)C)cc4-c4ccccc4)c4cc(C(C)(C)C)cc2c43)cc1. The van der Waals surface area contributed by atoms with E-state index in [-0.39, 0.29) is 33.9 Å². The molecule has 8 aromatic rings. The quantitative estimate of drug-likeness (QED) is 0.163. The summed E-state index contributed by atoms with van der Waals surface area (Å²) in [5.41, 5.74) is 24.0. The van der Waals surface area contributed by atoms with Crippen LogP contribution in [0.25, 0.3) is 11.1 Å². The molecule has 8 aromatic carbocycles. The summed E-state index contributed by atoms with van der Waals surface area (Å²) in [7, 11) is 0. The summed E-state index contributed by atoms with van der Waals surface area (Å²) < 4.78 is 0. The molecular formula is C66H66BN3. The van der Waals surface area contributed by atoms with E-state index < -0.39 is 0 Å². The fraction of sp³-hybridized carbons (Fsp3) is 0.273. The van der Waals surface area contributed by atoms with Gasteiger partial charge < -0.3 is 14.7 Å². The first-order valence-electron chi connectivity index (χ1n) is 25.7. The lowest BCUT2D eigenvalue weighted by Crippen LogP contribution is -2.61. The van der Waals surface area contributed by atoms with E-state index in [4.69, 9.17) is 0 Å². The number of hydrogen-bond donors (Lipinski definition) is 0. The number of aryl methyl sites for hydroxylation is 1. The predicted octanol–water partition coefficient (Wildman–Crippen LogP) is 15.6. The molecular weight excluding hydrogens is 846 g/mol. The van der Waals surface area contributed by atoms with Gasteiger partial charge in [-0.25, -0.2) is 0 Å². The summed E-state index contributed by atoms with van der Waals surface area (Å²) in [5.74, 6) is 0. The van der Waals surface area contributed by atoms with Gasteiger partial charge in [-0.1, -0.05) is 184 Å². The minimum atomic E-state index is -0.310. The van der Waals surface area contributed by atoms with Gasteiger partial charge in [-0.2, -0.15) is 0 Å². The first-order valence-corrected chi connectivity index (χ1v) is 25.7. The van der Waals surface area contributed by atoms with Crippen molar-refractivity contribution in [2.24, 2.45) is 0 Å². The summed E-state index contributed by atoms with van der Waals surface area (Å²) in [6.07, 6.45) is 2.17. The van der Waals surface area contributed by atoms with Gasteiger partial charge in [0.25, 0.3) is 6.71 Å². The average Bonchev–Trinajstić information content (AvgIpc) is 3.56. The highest BCUT2D eigenvalue weighted by atomic mass is 15.3. The van der Waals surface area contributed by atoms with Crippen molar-refractivity contribution in [2.45, 2.75) is 116 Å². The Labute approximate surface area is 417 Å². The fourth-order valence-corrected chi connectivity index (χ4v) is 12.9. The maximum atomic E-state index is 2.72. The van der Waals surface area contributed by atoms with Crippen LogP contribution in [0.1, 0.15) is 116 Å². The van der Waals surface area contributed by atoms with Crippen LogP contribution in [0.5, 0.6) is 0 Å². The molecule has 0 N–H and O–H groups in total. The van der Waals surface area contributed by atoms with E-state index in [0.717, 1.165) is 12.8 Å². The third-order valence-electron chi connectivity index (χ3n) is 17.0. The monoisotopic (exact) mass is 912 g/mol. The number of rotatable bonds is 4. The standard InChI is InChI=1S/C66H66BN3/c1-62(2,3)45-29-32-48(33-30-45)68-58-42-49(70-56-27-19-17-25-52(56)65(10)38-37-44-23-15-16-24-51(44)66(65,70)11)34-35-54(58)67-53-26-18-20-28-57(53)69(60-41-47(64(7,8)9)40-59(68)61(60)67)55-36-31-46(63(4,5)6)39-50(55)43-21-13-12-14-22-43/h12-36,39-42H,37-38H2,1-11H3. The van der Waals surface area contributed by atoms with Crippen molar-refractivity contribution in [3.05, 3.63) is 209 Å². The number of nitrogens with zero attached hydrogens (tertiary/aromatic N) is 3. The molecule has 0 saturated heterocycles. The second-order valence-corrected chi connectivity index (χ2v) is 24.1. The molecule has 3 heterocycles. The molecule has 2 unspecified atom stereocenters. The molecule has 0 fully saturated rings. The molecule has 70 heavy (non-hydrogen) atoms. The van der Waals surface area contributed by atoms with E-state index in [9.17, 15) is 0 Å². The van der Waals surface area contributed by atoms with E-state index >= 15 is 0 Å². The zero-order valence-electron chi connectivity index (χ0n) is 43.1. The molecule has 2 atom stereocenters. The van der Waals surface area contributed by atoms with Gasteiger partial charge in [-0.05, 0) is 152 Å². The molecule has 4 heteroatoms. The lowest BCUT2D eigenvalue weighted by atomic mass is 9.33.